The van der Waals surface area contributed by atoms with Crippen LogP contribution in [0.25, 0.3) is 10.9 Å². The van der Waals surface area contributed by atoms with E-state index in [-0.39, 0.29) is 16.6 Å². The molecule has 0 bridgehead atoms. The van der Waals surface area contributed by atoms with E-state index in [1.165, 1.54) is 18.3 Å². The van der Waals surface area contributed by atoms with E-state index in [0.717, 1.165) is 0 Å². The number of nitrogens with zero attached hydrogens (tertiary/aromatic N) is 2. The van der Waals surface area contributed by atoms with Crippen molar-refractivity contribution in [2.45, 2.75) is 6.43 Å². The summed E-state index contributed by atoms with van der Waals surface area (Å²) in [5.41, 5.74) is -0.764. The zero-order chi connectivity index (χ0) is 14.0. The summed E-state index contributed by atoms with van der Waals surface area (Å²) in [7, 11) is 0. The number of nitro benzene ring substituents is 1. The van der Waals surface area contributed by atoms with E-state index in [9.17, 15) is 23.3 Å². The number of nitro groups is 1. The summed E-state index contributed by atoms with van der Waals surface area (Å²) in [4.78, 5) is 13.9. The van der Waals surface area contributed by atoms with E-state index in [1.807, 2.05) is 0 Å². The number of aromatic nitrogens is 1. The Morgan fingerprint density at radius 2 is 2.21 bits per heavy atom. The summed E-state index contributed by atoms with van der Waals surface area (Å²) in [5.74, 6) is -0.987. The molecule has 5 nitrogen and oxygen atoms in total. The second kappa shape index (κ2) is 5.09. The number of pyridine rings is 1. The Hall–Kier alpha value is -2.38. The molecule has 0 aliphatic heterocycles. The number of halogens is 3. The minimum absolute atomic E-state index is 0.0464. The molecule has 0 spiro atoms. The molecule has 0 saturated carbocycles. The van der Waals surface area contributed by atoms with Crippen molar-refractivity contribution in [2.75, 3.05) is 11.9 Å². The van der Waals surface area contributed by atoms with Crippen LogP contribution in [0.5, 0.6) is 0 Å². The van der Waals surface area contributed by atoms with Gasteiger partial charge in [0, 0.05) is 6.20 Å². The summed E-state index contributed by atoms with van der Waals surface area (Å²) in [5, 5.41) is 13.1. The van der Waals surface area contributed by atoms with Gasteiger partial charge >= 0.3 is 0 Å². The molecule has 8 heteroatoms. The van der Waals surface area contributed by atoms with E-state index >= 15 is 0 Å². The minimum Gasteiger partial charge on any atom is -0.375 e. The van der Waals surface area contributed by atoms with Gasteiger partial charge in [-0.3, -0.25) is 15.1 Å². The van der Waals surface area contributed by atoms with Gasteiger partial charge in [0.2, 0.25) is 0 Å². The van der Waals surface area contributed by atoms with Crippen molar-refractivity contribution in [2.24, 2.45) is 0 Å². The SMILES string of the molecule is O=[N+]([O-])c1cc(F)c(NCC(F)F)c2ncccc12. The smallest absolute Gasteiger partial charge is 0.281 e. The highest BCUT2D eigenvalue weighted by atomic mass is 19.3. The third-order valence-corrected chi connectivity index (χ3v) is 2.45. The molecular weight excluding hydrogens is 263 g/mol. The molecule has 1 N–H and O–H groups in total. The van der Waals surface area contributed by atoms with Crippen LogP contribution < -0.4 is 5.32 Å². The molecule has 1 aromatic carbocycles. The van der Waals surface area contributed by atoms with Crippen LogP contribution in [-0.2, 0) is 0 Å². The summed E-state index contributed by atoms with van der Waals surface area (Å²) < 4.78 is 38.0. The molecule has 0 aliphatic rings. The molecule has 2 aromatic rings. The first-order valence-corrected chi connectivity index (χ1v) is 5.24. The molecule has 2 rings (SSSR count). The van der Waals surface area contributed by atoms with Gasteiger partial charge in [0.1, 0.15) is 5.52 Å². The van der Waals surface area contributed by atoms with Gasteiger partial charge in [-0.2, -0.15) is 0 Å². The van der Waals surface area contributed by atoms with Crippen molar-refractivity contribution in [3.05, 3.63) is 40.3 Å². The predicted octanol–water partition coefficient (Wildman–Crippen LogP) is 2.96. The van der Waals surface area contributed by atoms with E-state index < -0.39 is 29.4 Å². The van der Waals surface area contributed by atoms with E-state index in [2.05, 4.69) is 10.3 Å². The van der Waals surface area contributed by atoms with Gasteiger partial charge in [-0.15, -0.1) is 0 Å². The average Bonchev–Trinajstić information content (AvgIpc) is 2.36. The molecule has 0 aliphatic carbocycles. The number of rotatable bonds is 4. The van der Waals surface area contributed by atoms with E-state index in [0.29, 0.717) is 6.07 Å². The van der Waals surface area contributed by atoms with Crippen LogP contribution in [0.4, 0.5) is 24.5 Å². The number of hydrogen-bond acceptors (Lipinski definition) is 4. The fourth-order valence-corrected chi connectivity index (χ4v) is 1.69. The molecule has 0 amide bonds. The normalized spacial score (nSPS) is 10.9. The third kappa shape index (κ3) is 2.56. The highest BCUT2D eigenvalue weighted by Gasteiger charge is 2.20. The second-order valence-electron chi connectivity index (χ2n) is 3.68. The third-order valence-electron chi connectivity index (χ3n) is 2.45. The molecule has 0 unspecified atom stereocenters. The molecule has 0 fully saturated rings. The molecule has 0 atom stereocenters. The summed E-state index contributed by atoms with van der Waals surface area (Å²) >= 11 is 0. The van der Waals surface area contributed by atoms with Crippen molar-refractivity contribution >= 4 is 22.3 Å². The first kappa shape index (κ1) is 13.1. The van der Waals surface area contributed by atoms with Crippen LogP contribution in [0.2, 0.25) is 0 Å². The molecule has 1 heterocycles. The van der Waals surface area contributed by atoms with Gasteiger partial charge in [0.25, 0.3) is 12.1 Å². The Bertz CT molecular complexity index is 634. The van der Waals surface area contributed by atoms with Gasteiger partial charge in [-0.1, -0.05) is 0 Å². The Morgan fingerprint density at radius 1 is 1.47 bits per heavy atom. The van der Waals surface area contributed by atoms with Crippen molar-refractivity contribution < 1.29 is 18.1 Å². The summed E-state index contributed by atoms with van der Waals surface area (Å²) in [6.07, 6.45) is -1.37. The largest absolute Gasteiger partial charge is 0.375 e. The molecule has 1 aromatic heterocycles. The quantitative estimate of drug-likeness (QED) is 0.685. The maximum atomic E-state index is 13.7. The standard InChI is InChI=1S/C11H8F3N3O2/c12-7-4-8(17(18)19)6-2-1-3-15-10(6)11(7)16-5-9(13)14/h1-4,9,16H,5H2. The van der Waals surface area contributed by atoms with Crippen LogP contribution in [0.15, 0.2) is 24.4 Å². The zero-order valence-electron chi connectivity index (χ0n) is 9.44. The topological polar surface area (TPSA) is 68.1 Å². The van der Waals surface area contributed by atoms with Crippen molar-refractivity contribution in [1.82, 2.24) is 4.98 Å². The highest BCUT2D eigenvalue weighted by molar-refractivity contribution is 5.97. The van der Waals surface area contributed by atoms with Crippen molar-refractivity contribution in [3.8, 4) is 0 Å². The zero-order valence-corrected chi connectivity index (χ0v) is 9.44. The number of nitrogens with one attached hydrogen (secondary N) is 1. The van der Waals surface area contributed by atoms with Crippen LogP contribution in [0.1, 0.15) is 0 Å². The van der Waals surface area contributed by atoms with E-state index in [1.54, 1.807) is 0 Å². The average molecular weight is 271 g/mol. The number of fused-ring (bicyclic) bond motifs is 1. The van der Waals surface area contributed by atoms with Crippen molar-refractivity contribution in [1.29, 1.82) is 0 Å². The van der Waals surface area contributed by atoms with Crippen LogP contribution in [0, 0.1) is 15.9 Å². The van der Waals surface area contributed by atoms with Crippen molar-refractivity contribution in [3.63, 3.8) is 0 Å². The van der Waals surface area contributed by atoms with Gasteiger partial charge in [-0.05, 0) is 12.1 Å². The predicted molar refractivity (Wildman–Crippen MR) is 62.8 cm³/mol. The monoisotopic (exact) mass is 271 g/mol. The molecule has 0 radical (unpaired) electrons. The Balaban J connectivity index is 2.61. The highest BCUT2D eigenvalue weighted by Crippen LogP contribution is 2.32. The maximum Gasteiger partial charge on any atom is 0.281 e. The molecule has 0 saturated heterocycles. The Morgan fingerprint density at radius 3 is 2.84 bits per heavy atom. The fourth-order valence-electron chi connectivity index (χ4n) is 1.69. The second-order valence-corrected chi connectivity index (χ2v) is 3.68. The summed E-state index contributed by atoms with van der Waals surface area (Å²) in [6.45, 7) is -0.763. The van der Waals surface area contributed by atoms with Crippen LogP contribution >= 0.6 is 0 Å². The van der Waals surface area contributed by atoms with Gasteiger partial charge in [0.05, 0.1) is 28.6 Å². The van der Waals surface area contributed by atoms with Crippen LogP contribution in [-0.4, -0.2) is 22.9 Å². The lowest BCUT2D eigenvalue weighted by molar-refractivity contribution is -0.383. The lowest BCUT2D eigenvalue weighted by atomic mass is 10.1. The Labute approximate surface area is 105 Å². The lowest BCUT2D eigenvalue weighted by Crippen LogP contribution is -2.12. The Kier molecular flexibility index (Phi) is 3.50. The number of benzene rings is 1. The number of non-ortho nitro benzene ring substituents is 1. The maximum absolute atomic E-state index is 13.7. The lowest BCUT2D eigenvalue weighted by Gasteiger charge is -2.10. The van der Waals surface area contributed by atoms with Gasteiger partial charge < -0.3 is 5.32 Å². The first-order valence-electron chi connectivity index (χ1n) is 5.24. The number of anilines is 1. The molecule has 19 heavy (non-hydrogen) atoms. The van der Waals surface area contributed by atoms with Crippen LogP contribution in [0.3, 0.4) is 0 Å². The fraction of sp³-hybridized carbons (Fsp3) is 0.182. The van der Waals surface area contributed by atoms with E-state index in [4.69, 9.17) is 0 Å². The van der Waals surface area contributed by atoms with Gasteiger partial charge in [-0.25, -0.2) is 13.2 Å². The molecule has 100 valence electrons. The minimum atomic E-state index is -2.67. The number of hydrogen-bond donors (Lipinski definition) is 1. The van der Waals surface area contributed by atoms with Gasteiger partial charge in [0.15, 0.2) is 5.82 Å². The summed E-state index contributed by atoms with van der Waals surface area (Å²) in [6, 6.07) is 3.52. The molecular formula is C11H8F3N3O2. The first-order chi connectivity index (χ1) is 9.00. The number of alkyl halides is 2.